The third-order valence-corrected chi connectivity index (χ3v) is 4.14. The Morgan fingerprint density at radius 3 is 2.32 bits per heavy atom. The van der Waals surface area contributed by atoms with Crippen LogP contribution in [0.4, 0.5) is 5.69 Å². The van der Waals surface area contributed by atoms with Gasteiger partial charge in [-0.15, -0.1) is 0 Å². The van der Waals surface area contributed by atoms with Gasteiger partial charge in [0.25, 0.3) is 0 Å². The zero-order valence-electron chi connectivity index (χ0n) is 14.0. The SMILES string of the molecule is COc1cc(NCC(O)CO)c(C(=O)c2ccc(Br)cc2)cc1OC. The lowest BCUT2D eigenvalue weighted by Crippen LogP contribution is -2.24. The molecule has 0 radical (unpaired) electrons. The zero-order valence-corrected chi connectivity index (χ0v) is 15.5. The Bertz CT molecular complexity index is 733. The van der Waals surface area contributed by atoms with E-state index in [0.29, 0.717) is 28.3 Å². The first-order chi connectivity index (χ1) is 12.0. The molecule has 2 aromatic carbocycles. The molecular formula is C18H20BrNO5. The van der Waals surface area contributed by atoms with Crippen molar-refractivity contribution in [3.63, 3.8) is 0 Å². The number of carbonyl (C=O) groups is 1. The average molecular weight is 410 g/mol. The van der Waals surface area contributed by atoms with Gasteiger partial charge >= 0.3 is 0 Å². The number of nitrogens with one attached hydrogen (secondary N) is 1. The van der Waals surface area contributed by atoms with Crippen LogP contribution in [0.3, 0.4) is 0 Å². The zero-order chi connectivity index (χ0) is 18.4. The minimum absolute atomic E-state index is 0.0899. The highest BCUT2D eigenvalue weighted by atomic mass is 79.9. The fourth-order valence-corrected chi connectivity index (χ4v) is 2.53. The molecule has 0 amide bonds. The van der Waals surface area contributed by atoms with Gasteiger partial charge in [0, 0.05) is 33.9 Å². The van der Waals surface area contributed by atoms with E-state index in [-0.39, 0.29) is 18.9 Å². The number of hydrogen-bond acceptors (Lipinski definition) is 6. The van der Waals surface area contributed by atoms with Gasteiger partial charge in [-0.1, -0.05) is 15.9 Å². The molecule has 134 valence electrons. The van der Waals surface area contributed by atoms with Gasteiger partial charge in [0.05, 0.1) is 26.9 Å². The average Bonchev–Trinajstić information content (AvgIpc) is 2.65. The molecule has 0 aromatic heterocycles. The Hall–Kier alpha value is -2.09. The summed E-state index contributed by atoms with van der Waals surface area (Å²) >= 11 is 3.34. The normalized spacial score (nSPS) is 11.7. The predicted molar refractivity (Wildman–Crippen MR) is 98.7 cm³/mol. The number of hydrogen-bond donors (Lipinski definition) is 3. The number of benzene rings is 2. The van der Waals surface area contributed by atoms with Crippen molar-refractivity contribution in [3.05, 3.63) is 52.0 Å². The largest absolute Gasteiger partial charge is 0.493 e. The fourth-order valence-electron chi connectivity index (χ4n) is 2.26. The lowest BCUT2D eigenvalue weighted by Gasteiger charge is -2.17. The number of anilines is 1. The van der Waals surface area contributed by atoms with Gasteiger partial charge in [-0.05, 0) is 30.3 Å². The lowest BCUT2D eigenvalue weighted by atomic mass is 10.0. The third-order valence-electron chi connectivity index (χ3n) is 3.61. The summed E-state index contributed by atoms with van der Waals surface area (Å²) < 4.78 is 11.4. The van der Waals surface area contributed by atoms with Gasteiger partial charge in [0.2, 0.25) is 0 Å². The Morgan fingerprint density at radius 2 is 1.76 bits per heavy atom. The van der Waals surface area contributed by atoms with Crippen molar-refractivity contribution in [1.29, 1.82) is 0 Å². The Kier molecular flexibility index (Phi) is 6.81. The van der Waals surface area contributed by atoms with Crippen LogP contribution in [-0.4, -0.2) is 49.5 Å². The highest BCUT2D eigenvalue weighted by molar-refractivity contribution is 9.10. The molecule has 7 heteroatoms. The van der Waals surface area contributed by atoms with E-state index >= 15 is 0 Å². The van der Waals surface area contributed by atoms with E-state index in [9.17, 15) is 9.90 Å². The standard InChI is InChI=1S/C18H20BrNO5/c1-24-16-7-14(18(23)11-3-5-12(19)6-4-11)15(8-17(16)25-2)20-9-13(22)10-21/h3-8,13,20-22H,9-10H2,1-2H3. The van der Waals surface area contributed by atoms with Gasteiger partial charge < -0.3 is 25.0 Å². The number of halogens is 1. The van der Waals surface area contributed by atoms with E-state index in [4.69, 9.17) is 14.6 Å². The van der Waals surface area contributed by atoms with Crippen LogP contribution in [0.25, 0.3) is 0 Å². The van der Waals surface area contributed by atoms with Crippen molar-refractivity contribution >= 4 is 27.4 Å². The Morgan fingerprint density at radius 1 is 1.16 bits per heavy atom. The smallest absolute Gasteiger partial charge is 0.195 e. The second-order valence-electron chi connectivity index (χ2n) is 5.31. The van der Waals surface area contributed by atoms with Crippen molar-refractivity contribution in [2.75, 3.05) is 32.7 Å². The molecule has 2 rings (SSSR count). The van der Waals surface area contributed by atoms with Gasteiger partial charge in [-0.2, -0.15) is 0 Å². The van der Waals surface area contributed by atoms with Crippen molar-refractivity contribution in [1.82, 2.24) is 0 Å². The van der Waals surface area contributed by atoms with Crippen LogP contribution in [-0.2, 0) is 0 Å². The summed E-state index contributed by atoms with van der Waals surface area (Å²) in [6.45, 7) is -0.289. The molecule has 0 aliphatic heterocycles. The number of methoxy groups -OCH3 is 2. The van der Waals surface area contributed by atoms with Crippen LogP contribution >= 0.6 is 15.9 Å². The quantitative estimate of drug-likeness (QED) is 0.580. The van der Waals surface area contributed by atoms with Crippen LogP contribution in [0, 0.1) is 0 Å². The molecule has 0 saturated heterocycles. The molecule has 2 aromatic rings. The molecule has 0 fully saturated rings. The molecule has 6 nitrogen and oxygen atoms in total. The lowest BCUT2D eigenvalue weighted by molar-refractivity contribution is 0.103. The number of aliphatic hydroxyl groups is 2. The summed E-state index contributed by atoms with van der Waals surface area (Å²) in [5, 5.41) is 21.5. The molecule has 0 saturated carbocycles. The molecule has 0 spiro atoms. The molecule has 0 bridgehead atoms. The first-order valence-electron chi connectivity index (χ1n) is 7.59. The van der Waals surface area contributed by atoms with Crippen LogP contribution in [0.5, 0.6) is 11.5 Å². The van der Waals surface area contributed by atoms with Crippen LogP contribution < -0.4 is 14.8 Å². The number of ether oxygens (including phenoxy) is 2. The molecule has 25 heavy (non-hydrogen) atoms. The minimum atomic E-state index is -0.941. The second kappa shape index (κ2) is 8.84. The molecule has 0 aliphatic carbocycles. The number of rotatable bonds is 8. The highest BCUT2D eigenvalue weighted by Crippen LogP contribution is 2.34. The first-order valence-corrected chi connectivity index (χ1v) is 8.38. The predicted octanol–water partition coefficient (Wildman–Crippen LogP) is 2.46. The Labute approximate surface area is 154 Å². The summed E-state index contributed by atoms with van der Waals surface area (Å²) in [6.07, 6.45) is -0.941. The summed E-state index contributed by atoms with van der Waals surface area (Å²) in [5.74, 6) is 0.682. The van der Waals surface area contributed by atoms with E-state index < -0.39 is 6.10 Å². The second-order valence-corrected chi connectivity index (χ2v) is 6.22. The van der Waals surface area contributed by atoms with E-state index in [1.165, 1.54) is 14.2 Å². The van der Waals surface area contributed by atoms with Gasteiger partial charge in [0.1, 0.15) is 0 Å². The van der Waals surface area contributed by atoms with E-state index in [0.717, 1.165) is 4.47 Å². The van der Waals surface area contributed by atoms with Crippen LogP contribution in [0.2, 0.25) is 0 Å². The number of aliphatic hydroxyl groups excluding tert-OH is 2. The molecule has 0 heterocycles. The maximum atomic E-state index is 12.9. The van der Waals surface area contributed by atoms with Gasteiger partial charge in [-0.3, -0.25) is 4.79 Å². The first kappa shape index (κ1) is 19.2. The number of carbonyl (C=O) groups excluding carboxylic acids is 1. The van der Waals surface area contributed by atoms with E-state index in [2.05, 4.69) is 21.2 Å². The summed E-state index contributed by atoms with van der Waals surface area (Å²) in [6, 6.07) is 10.2. The minimum Gasteiger partial charge on any atom is -0.493 e. The molecule has 0 aliphatic rings. The monoisotopic (exact) mass is 409 g/mol. The maximum absolute atomic E-state index is 12.9. The van der Waals surface area contributed by atoms with Crippen molar-refractivity contribution in [3.8, 4) is 11.5 Å². The Balaban J connectivity index is 2.44. The topological polar surface area (TPSA) is 88.0 Å². The van der Waals surface area contributed by atoms with Gasteiger partial charge in [0.15, 0.2) is 17.3 Å². The molecule has 1 unspecified atom stereocenters. The van der Waals surface area contributed by atoms with E-state index in [1.807, 2.05) is 0 Å². The third kappa shape index (κ3) is 4.72. The van der Waals surface area contributed by atoms with Crippen molar-refractivity contribution in [2.45, 2.75) is 6.10 Å². The summed E-state index contributed by atoms with van der Waals surface area (Å²) in [4.78, 5) is 12.9. The van der Waals surface area contributed by atoms with E-state index in [1.54, 1.807) is 36.4 Å². The maximum Gasteiger partial charge on any atom is 0.195 e. The van der Waals surface area contributed by atoms with Crippen molar-refractivity contribution < 1.29 is 24.5 Å². The summed E-state index contributed by atoms with van der Waals surface area (Å²) in [5.41, 5.74) is 1.38. The molecule has 1 atom stereocenters. The number of ketones is 1. The summed E-state index contributed by atoms with van der Waals surface area (Å²) in [7, 11) is 2.99. The molecule has 3 N–H and O–H groups in total. The highest BCUT2D eigenvalue weighted by Gasteiger charge is 2.19. The van der Waals surface area contributed by atoms with Crippen LogP contribution in [0.1, 0.15) is 15.9 Å². The van der Waals surface area contributed by atoms with Crippen LogP contribution in [0.15, 0.2) is 40.9 Å². The molecular weight excluding hydrogens is 390 g/mol. The van der Waals surface area contributed by atoms with Gasteiger partial charge in [-0.25, -0.2) is 0 Å². The fraction of sp³-hybridized carbons (Fsp3) is 0.278. The van der Waals surface area contributed by atoms with Crippen molar-refractivity contribution in [2.24, 2.45) is 0 Å².